The van der Waals surface area contributed by atoms with Gasteiger partial charge in [-0.2, -0.15) is 0 Å². The maximum absolute atomic E-state index is 5.19. The Bertz CT molecular complexity index is 178. The zero-order valence-corrected chi connectivity index (χ0v) is 6.71. The Morgan fingerprint density at radius 2 is 2.36 bits per heavy atom. The molecule has 0 amide bonds. The summed E-state index contributed by atoms with van der Waals surface area (Å²) in [4.78, 5) is 3.92. The fraction of sp³-hybridized carbons (Fsp3) is 0.625. The van der Waals surface area contributed by atoms with Crippen molar-refractivity contribution in [3.63, 3.8) is 0 Å². The van der Waals surface area contributed by atoms with Gasteiger partial charge < -0.3 is 11.5 Å². The van der Waals surface area contributed by atoms with Crippen molar-refractivity contribution in [3.05, 3.63) is 11.6 Å². The minimum Gasteiger partial charge on any atom is -0.370 e. The number of nitrogens with two attached hydrogens (primary N) is 2. The van der Waals surface area contributed by atoms with Crippen LogP contribution in [0.1, 0.15) is 25.7 Å². The molecule has 0 aromatic heterocycles. The lowest BCUT2D eigenvalue weighted by molar-refractivity contribution is 0.849. The third kappa shape index (κ3) is 3.07. The lowest BCUT2D eigenvalue weighted by Crippen LogP contribution is -2.22. The minimum atomic E-state index is 0.198. The minimum absolute atomic E-state index is 0.198. The highest BCUT2D eigenvalue weighted by molar-refractivity contribution is 5.75. The van der Waals surface area contributed by atoms with Crippen LogP contribution in [0.3, 0.4) is 0 Å². The summed E-state index contributed by atoms with van der Waals surface area (Å²) in [6.45, 7) is 0.744. The van der Waals surface area contributed by atoms with Gasteiger partial charge in [0, 0.05) is 6.54 Å². The average molecular weight is 153 g/mol. The average Bonchev–Trinajstić information content (AvgIpc) is 2.39. The molecule has 0 aromatic carbocycles. The first kappa shape index (κ1) is 8.11. The lowest BCUT2D eigenvalue weighted by atomic mass is 10.2. The molecule has 0 heterocycles. The molecular formula is C8H15N3. The van der Waals surface area contributed by atoms with Gasteiger partial charge in [-0.05, 0) is 25.7 Å². The molecule has 3 heteroatoms. The van der Waals surface area contributed by atoms with Crippen LogP contribution in [0.15, 0.2) is 16.6 Å². The standard InChI is InChI=1S/C8H15N3/c9-8(10)11-6-5-7-3-1-2-4-7/h3H,1-2,4-6H2,(H4,9,10,11). The first-order chi connectivity index (χ1) is 5.29. The summed E-state index contributed by atoms with van der Waals surface area (Å²) in [5, 5.41) is 0. The summed E-state index contributed by atoms with van der Waals surface area (Å²) in [7, 11) is 0. The van der Waals surface area contributed by atoms with E-state index >= 15 is 0 Å². The van der Waals surface area contributed by atoms with Gasteiger partial charge in [0.05, 0.1) is 0 Å². The van der Waals surface area contributed by atoms with Crippen LogP contribution >= 0.6 is 0 Å². The molecule has 0 radical (unpaired) electrons. The molecule has 0 atom stereocenters. The van der Waals surface area contributed by atoms with E-state index in [0.29, 0.717) is 0 Å². The summed E-state index contributed by atoms with van der Waals surface area (Å²) in [5.41, 5.74) is 11.9. The Morgan fingerprint density at radius 1 is 1.55 bits per heavy atom. The molecule has 0 aromatic rings. The van der Waals surface area contributed by atoms with Crippen LogP contribution in [-0.2, 0) is 0 Å². The van der Waals surface area contributed by atoms with Crippen molar-refractivity contribution < 1.29 is 0 Å². The highest BCUT2D eigenvalue weighted by Gasteiger charge is 2.02. The number of hydrogen-bond acceptors (Lipinski definition) is 1. The van der Waals surface area contributed by atoms with E-state index in [1.165, 1.54) is 24.8 Å². The Kier molecular flexibility index (Phi) is 2.95. The lowest BCUT2D eigenvalue weighted by Gasteiger charge is -1.97. The highest BCUT2D eigenvalue weighted by atomic mass is 15.0. The van der Waals surface area contributed by atoms with Crippen molar-refractivity contribution in [1.29, 1.82) is 0 Å². The van der Waals surface area contributed by atoms with Crippen LogP contribution < -0.4 is 11.5 Å². The molecule has 0 unspecified atom stereocenters. The van der Waals surface area contributed by atoms with Gasteiger partial charge in [-0.15, -0.1) is 0 Å². The molecule has 0 aliphatic heterocycles. The zero-order chi connectivity index (χ0) is 8.10. The summed E-state index contributed by atoms with van der Waals surface area (Å²) in [5.74, 6) is 0.198. The number of aliphatic imine (C=N–C) groups is 1. The molecule has 1 aliphatic carbocycles. The topological polar surface area (TPSA) is 64.4 Å². The van der Waals surface area contributed by atoms with Crippen molar-refractivity contribution in [1.82, 2.24) is 0 Å². The van der Waals surface area contributed by atoms with Crippen LogP contribution in [0.2, 0.25) is 0 Å². The highest BCUT2D eigenvalue weighted by Crippen LogP contribution is 2.19. The summed E-state index contributed by atoms with van der Waals surface area (Å²) >= 11 is 0. The van der Waals surface area contributed by atoms with Crippen molar-refractivity contribution in [2.24, 2.45) is 16.5 Å². The third-order valence-corrected chi connectivity index (χ3v) is 1.86. The second kappa shape index (κ2) is 4.01. The second-order valence-electron chi connectivity index (χ2n) is 2.81. The van der Waals surface area contributed by atoms with Gasteiger partial charge in [-0.25, -0.2) is 0 Å². The zero-order valence-electron chi connectivity index (χ0n) is 6.71. The van der Waals surface area contributed by atoms with E-state index in [9.17, 15) is 0 Å². The van der Waals surface area contributed by atoms with Gasteiger partial charge in [0.1, 0.15) is 0 Å². The molecule has 0 fully saturated rings. The monoisotopic (exact) mass is 153 g/mol. The fourth-order valence-electron chi connectivity index (χ4n) is 1.29. The molecular weight excluding hydrogens is 138 g/mol. The van der Waals surface area contributed by atoms with Gasteiger partial charge in [0.25, 0.3) is 0 Å². The van der Waals surface area contributed by atoms with E-state index in [-0.39, 0.29) is 5.96 Å². The molecule has 11 heavy (non-hydrogen) atoms. The molecule has 0 saturated heterocycles. The number of nitrogens with zero attached hydrogens (tertiary/aromatic N) is 1. The molecule has 0 bridgehead atoms. The molecule has 0 spiro atoms. The Balaban J connectivity index is 2.17. The first-order valence-corrected chi connectivity index (χ1v) is 4.02. The predicted octanol–water partition coefficient (Wildman–Crippen LogP) is 0.760. The molecule has 0 saturated carbocycles. The van der Waals surface area contributed by atoms with Crippen LogP contribution in [-0.4, -0.2) is 12.5 Å². The maximum Gasteiger partial charge on any atom is 0.185 e. The van der Waals surface area contributed by atoms with Gasteiger partial charge >= 0.3 is 0 Å². The van der Waals surface area contributed by atoms with Crippen LogP contribution in [0.4, 0.5) is 0 Å². The predicted molar refractivity (Wildman–Crippen MR) is 47.2 cm³/mol. The van der Waals surface area contributed by atoms with Crippen molar-refractivity contribution >= 4 is 5.96 Å². The van der Waals surface area contributed by atoms with E-state index in [2.05, 4.69) is 11.1 Å². The number of hydrogen-bond donors (Lipinski definition) is 2. The van der Waals surface area contributed by atoms with Crippen LogP contribution in [0.5, 0.6) is 0 Å². The fourth-order valence-corrected chi connectivity index (χ4v) is 1.29. The molecule has 4 N–H and O–H groups in total. The number of allylic oxidation sites excluding steroid dienone is 1. The Hall–Kier alpha value is -0.990. The summed E-state index contributed by atoms with van der Waals surface area (Å²) in [6, 6.07) is 0. The van der Waals surface area contributed by atoms with Crippen molar-refractivity contribution in [2.45, 2.75) is 25.7 Å². The molecule has 1 aliphatic rings. The Labute approximate surface area is 67.2 Å². The van der Waals surface area contributed by atoms with Crippen LogP contribution in [0.25, 0.3) is 0 Å². The van der Waals surface area contributed by atoms with Crippen molar-refractivity contribution in [3.8, 4) is 0 Å². The number of rotatable bonds is 3. The maximum atomic E-state index is 5.19. The summed E-state index contributed by atoms with van der Waals surface area (Å²) < 4.78 is 0. The van der Waals surface area contributed by atoms with E-state index in [4.69, 9.17) is 11.5 Å². The third-order valence-electron chi connectivity index (χ3n) is 1.86. The van der Waals surface area contributed by atoms with Gasteiger partial charge in [-0.1, -0.05) is 11.6 Å². The van der Waals surface area contributed by atoms with Crippen molar-refractivity contribution in [2.75, 3.05) is 6.54 Å². The molecule has 1 rings (SSSR count). The smallest absolute Gasteiger partial charge is 0.185 e. The quantitative estimate of drug-likeness (QED) is 0.357. The van der Waals surface area contributed by atoms with E-state index in [1.54, 1.807) is 0 Å². The van der Waals surface area contributed by atoms with Gasteiger partial charge in [0.2, 0.25) is 0 Å². The normalized spacial score (nSPS) is 16.2. The second-order valence-corrected chi connectivity index (χ2v) is 2.81. The van der Waals surface area contributed by atoms with E-state index in [1.807, 2.05) is 0 Å². The molecule has 62 valence electrons. The van der Waals surface area contributed by atoms with Gasteiger partial charge in [0.15, 0.2) is 5.96 Å². The van der Waals surface area contributed by atoms with E-state index in [0.717, 1.165) is 13.0 Å². The first-order valence-electron chi connectivity index (χ1n) is 4.02. The summed E-state index contributed by atoms with van der Waals surface area (Å²) in [6.07, 6.45) is 7.09. The largest absolute Gasteiger partial charge is 0.370 e. The van der Waals surface area contributed by atoms with Crippen LogP contribution in [0, 0.1) is 0 Å². The van der Waals surface area contributed by atoms with Gasteiger partial charge in [-0.3, -0.25) is 4.99 Å². The SMILES string of the molecule is NC(N)=NCCC1=CCCC1. The Morgan fingerprint density at radius 3 is 2.91 bits per heavy atom. The van der Waals surface area contributed by atoms with E-state index < -0.39 is 0 Å². The number of guanidine groups is 1. The molecule has 3 nitrogen and oxygen atoms in total.